The highest BCUT2D eigenvalue weighted by Gasteiger charge is 2.60. The van der Waals surface area contributed by atoms with Crippen LogP contribution in [0.5, 0.6) is 5.75 Å². The number of amides is 3. The van der Waals surface area contributed by atoms with Gasteiger partial charge in [0.25, 0.3) is 0 Å². The maximum Gasteiger partial charge on any atom is 0.413 e. The van der Waals surface area contributed by atoms with E-state index in [0.717, 1.165) is 17.3 Å². The van der Waals surface area contributed by atoms with Crippen molar-refractivity contribution in [2.45, 2.75) is 137 Å². The lowest BCUT2D eigenvalue weighted by molar-refractivity contribution is -0.361. The second kappa shape index (κ2) is 22.2. The standard InChI is InChI=1S/C45H59F2N7O13S2/c1-4-26(43(3)24-44(67-66-43)15-7-9-27(20-44)64-42(63)52-33-14-18-54(41(62)51-33)40-45(46,47)36(59)32(21-55)65-40)19-25(2)49-35(58)13-12-34(57)48-16-8-17-53-30(39(60)61)23-69-38(53)29-22-68-37(50-29)28-10-5-6-11-31(28)56/h5-6,10-11,14,18,26-27,29-30,32,36,38,40,55-56,59H,2,4,7-9,12-13,15-17,19-24H2,1,3H3,(H,48,57)(H,49,58)(H,60,61)(H,51,52,62,63)/t26?,27?,29-,30+,32-,36-,38?,40-,43+,44-/m1/s1. The predicted molar refractivity (Wildman–Crippen MR) is 249 cm³/mol. The van der Waals surface area contributed by atoms with Crippen molar-refractivity contribution < 1.29 is 67.6 Å². The molecule has 4 fully saturated rings. The number of phenolic OH excluding ortho intramolecular Hbond substituents is 1. The van der Waals surface area contributed by atoms with Gasteiger partial charge in [-0.25, -0.2) is 19.4 Å². The van der Waals surface area contributed by atoms with E-state index in [1.165, 1.54) is 11.8 Å². The van der Waals surface area contributed by atoms with E-state index in [2.05, 4.69) is 27.5 Å². The van der Waals surface area contributed by atoms with Gasteiger partial charge in [0.1, 0.15) is 46.1 Å². The normalized spacial score (nSPS) is 30.2. The summed E-state index contributed by atoms with van der Waals surface area (Å²) in [6.45, 7) is 7.78. The summed E-state index contributed by atoms with van der Waals surface area (Å²) in [4.78, 5) is 85.8. The number of hydrogen-bond donors (Lipinski definition) is 7. The number of alkyl halides is 2. The van der Waals surface area contributed by atoms with Crippen molar-refractivity contribution in [1.29, 1.82) is 0 Å². The van der Waals surface area contributed by atoms with Gasteiger partial charge in [0.15, 0.2) is 6.10 Å². The number of anilines is 1. The van der Waals surface area contributed by atoms with Crippen LogP contribution in [-0.4, -0.2) is 148 Å². The van der Waals surface area contributed by atoms with E-state index in [4.69, 9.17) is 24.2 Å². The summed E-state index contributed by atoms with van der Waals surface area (Å²) >= 11 is 3.08. The van der Waals surface area contributed by atoms with Crippen LogP contribution >= 0.6 is 23.5 Å². The first-order valence-electron chi connectivity index (χ1n) is 22.9. The molecule has 20 nitrogen and oxygen atoms in total. The van der Waals surface area contributed by atoms with Crippen LogP contribution in [0.15, 0.2) is 58.6 Å². The number of nitrogens with one attached hydrogen (secondary N) is 3. The lowest BCUT2D eigenvalue weighted by atomic mass is 9.72. The van der Waals surface area contributed by atoms with E-state index >= 15 is 0 Å². The predicted octanol–water partition coefficient (Wildman–Crippen LogP) is 3.90. The average Bonchev–Trinajstić information content (AvgIpc) is 4.08. The van der Waals surface area contributed by atoms with Crippen molar-refractivity contribution in [3.05, 3.63) is 64.9 Å². The van der Waals surface area contributed by atoms with Gasteiger partial charge in [-0.1, -0.05) is 32.1 Å². The summed E-state index contributed by atoms with van der Waals surface area (Å²) in [5, 5.41) is 47.9. The number of hydrogen-bond acceptors (Lipinski definition) is 17. The number of ether oxygens (including phenoxy) is 2. The van der Waals surface area contributed by atoms with E-state index in [0.29, 0.717) is 91.8 Å². The summed E-state index contributed by atoms with van der Waals surface area (Å²) in [5.74, 6) is -4.72. The van der Waals surface area contributed by atoms with E-state index < -0.39 is 72.1 Å². The number of para-hydroxylation sites is 1. The Balaban J connectivity index is 0.819. The van der Waals surface area contributed by atoms with Gasteiger partial charge >= 0.3 is 23.7 Å². The molecule has 378 valence electrons. The first-order valence-corrected chi connectivity index (χ1v) is 25.0. The number of aliphatic hydroxyl groups excluding tert-OH is 2. The number of thioether (sulfide) groups is 2. The second-order valence-electron chi connectivity index (χ2n) is 18.2. The molecular formula is C45H59F2N7O13S2. The number of benzene rings is 1. The Morgan fingerprint density at radius 1 is 1.12 bits per heavy atom. The molecular weight excluding hydrogens is 949 g/mol. The molecule has 1 aromatic carbocycles. The molecule has 24 heteroatoms. The van der Waals surface area contributed by atoms with Crippen LogP contribution in [-0.2, 0) is 33.6 Å². The van der Waals surface area contributed by atoms with Crippen LogP contribution in [0.4, 0.5) is 19.4 Å². The highest BCUT2D eigenvalue weighted by atomic mass is 32.2. The summed E-state index contributed by atoms with van der Waals surface area (Å²) in [6, 6.07) is 7.22. The van der Waals surface area contributed by atoms with Crippen molar-refractivity contribution >= 4 is 58.3 Å². The van der Waals surface area contributed by atoms with Crippen molar-refractivity contribution in [2.75, 3.05) is 36.5 Å². The number of carboxylic acids is 1. The monoisotopic (exact) mass is 1010 g/mol. The Kier molecular flexibility index (Phi) is 16.7. The molecule has 3 amide bonds. The maximum atomic E-state index is 14.6. The number of carboxylic acid groups (broad SMARTS) is 1. The Hall–Kier alpha value is -4.69. The number of allylic oxidation sites excluding steroid dienone is 1. The number of aliphatic hydroxyl groups is 2. The summed E-state index contributed by atoms with van der Waals surface area (Å²) < 4.78 is 40.3. The second-order valence-corrected chi connectivity index (χ2v) is 20.4. The third-order valence-electron chi connectivity index (χ3n) is 13.2. The fourth-order valence-electron chi connectivity index (χ4n) is 9.70. The summed E-state index contributed by atoms with van der Waals surface area (Å²) in [6.07, 6.45) is -2.93. The van der Waals surface area contributed by atoms with Crippen molar-refractivity contribution in [1.82, 2.24) is 25.1 Å². The molecule has 4 aliphatic heterocycles. The minimum absolute atomic E-state index is 0.0606. The Labute approximate surface area is 404 Å². The van der Waals surface area contributed by atoms with Gasteiger partial charge in [0, 0.05) is 67.7 Å². The molecule has 0 bridgehead atoms. The highest BCUT2D eigenvalue weighted by molar-refractivity contribution is 8.14. The van der Waals surface area contributed by atoms with E-state index in [1.54, 1.807) is 30.0 Å². The molecule has 1 aromatic heterocycles. The van der Waals surface area contributed by atoms with Crippen molar-refractivity contribution in [2.24, 2.45) is 10.9 Å². The smallest absolute Gasteiger partial charge is 0.413 e. The number of aliphatic carboxylic acids is 1. The zero-order valence-corrected chi connectivity index (χ0v) is 39.9. The Morgan fingerprint density at radius 2 is 1.88 bits per heavy atom. The average molecular weight is 1010 g/mol. The third-order valence-corrected chi connectivity index (χ3v) is 15.8. The van der Waals surface area contributed by atoms with Crippen molar-refractivity contribution in [3.63, 3.8) is 0 Å². The van der Waals surface area contributed by atoms with E-state index in [1.807, 2.05) is 24.8 Å². The molecule has 1 spiro atoms. The molecule has 10 atom stereocenters. The third kappa shape index (κ3) is 12.1. The van der Waals surface area contributed by atoms with E-state index in [-0.39, 0.29) is 53.6 Å². The number of phenols is 1. The van der Waals surface area contributed by atoms with Gasteiger partial charge in [-0.05, 0) is 63.1 Å². The van der Waals surface area contributed by atoms with Gasteiger partial charge in [-0.3, -0.25) is 34.2 Å². The summed E-state index contributed by atoms with van der Waals surface area (Å²) in [5.41, 5.74) is -1.69. The van der Waals surface area contributed by atoms with Gasteiger partial charge in [0.2, 0.25) is 18.0 Å². The topological polar surface area (TPSA) is 273 Å². The zero-order valence-electron chi connectivity index (χ0n) is 38.2. The molecule has 69 heavy (non-hydrogen) atoms. The van der Waals surface area contributed by atoms with Crippen LogP contribution < -0.4 is 21.6 Å². The number of carbonyl (C=O) groups excluding carboxylic acids is 3. The largest absolute Gasteiger partial charge is 0.507 e. The number of rotatable bonds is 19. The number of nitrogens with zero attached hydrogens (tertiary/aromatic N) is 4. The van der Waals surface area contributed by atoms with Gasteiger partial charge in [0.05, 0.1) is 18.0 Å². The van der Waals surface area contributed by atoms with Gasteiger partial charge in [-0.15, -0.1) is 23.5 Å². The fraction of sp³-hybridized carbons (Fsp3) is 0.622. The van der Waals surface area contributed by atoms with E-state index in [9.17, 15) is 53.2 Å². The Bertz CT molecular complexity index is 2330. The number of carbonyl (C=O) groups is 4. The number of aromatic nitrogens is 2. The van der Waals surface area contributed by atoms with Gasteiger partial charge in [-0.2, -0.15) is 13.8 Å². The lowest BCUT2D eigenvalue weighted by Crippen LogP contribution is -2.46. The molecule has 7 N–H and O–H groups in total. The molecule has 5 heterocycles. The number of aliphatic imine (C=N–C) groups is 1. The van der Waals surface area contributed by atoms with Crippen LogP contribution in [0.1, 0.15) is 89.8 Å². The molecule has 0 radical (unpaired) electrons. The molecule has 1 aliphatic carbocycles. The van der Waals surface area contributed by atoms with Crippen LogP contribution in [0.25, 0.3) is 0 Å². The first-order chi connectivity index (χ1) is 32.8. The fourth-order valence-corrected chi connectivity index (χ4v) is 12.5. The lowest BCUT2D eigenvalue weighted by Gasteiger charge is -2.36. The summed E-state index contributed by atoms with van der Waals surface area (Å²) in [7, 11) is 0. The molecule has 3 saturated heterocycles. The van der Waals surface area contributed by atoms with Crippen LogP contribution in [0.3, 0.4) is 0 Å². The quantitative estimate of drug-likeness (QED) is 0.0777. The highest BCUT2D eigenvalue weighted by Crippen LogP contribution is 2.50. The minimum Gasteiger partial charge on any atom is -0.507 e. The first kappa shape index (κ1) is 52.1. The molecule has 5 aliphatic rings. The number of aromatic hydroxyl groups is 1. The van der Waals surface area contributed by atoms with Crippen LogP contribution in [0, 0.1) is 5.92 Å². The maximum absolute atomic E-state index is 14.6. The minimum atomic E-state index is -3.90. The SMILES string of the molecule is C=C(CC(CC)[C@]1(C)C[C@]2(CCCC(OC(=O)Nc3ccn([C@@H]4O[C@H](CO)[C@@H](O)C4(F)F)c(=O)n3)C2)OO1)NC(=O)CCC(=O)NCCCN1C([C@H]2CSC(c3ccccc3O)=N2)SC[C@H]1C(=O)O. The van der Waals surface area contributed by atoms with Gasteiger partial charge < -0.3 is 40.5 Å². The van der Waals surface area contributed by atoms with Crippen LogP contribution in [0.2, 0.25) is 0 Å². The number of halogens is 2. The molecule has 1 saturated carbocycles. The Morgan fingerprint density at radius 3 is 2.59 bits per heavy atom. The molecule has 3 unspecified atom stereocenters. The molecule has 2 aromatic rings. The van der Waals surface area contributed by atoms with Crippen molar-refractivity contribution in [3.8, 4) is 5.75 Å². The zero-order chi connectivity index (χ0) is 49.7. The molecule has 7 rings (SSSR count).